The average Bonchev–Trinajstić information content (AvgIpc) is 2.77. The summed E-state index contributed by atoms with van der Waals surface area (Å²) in [5.74, 6) is 5.32. The number of hydrogen-bond donors (Lipinski definition) is 2. The second-order valence-electron chi connectivity index (χ2n) is 3.09. The van der Waals surface area contributed by atoms with Gasteiger partial charge in [0.1, 0.15) is 5.75 Å². The maximum atomic E-state index is 12.1. The molecule has 0 aliphatic rings. The zero-order valence-electron chi connectivity index (χ0n) is 8.56. The zero-order chi connectivity index (χ0) is 12.3. The van der Waals surface area contributed by atoms with Crippen molar-refractivity contribution in [3.05, 3.63) is 29.6 Å². The highest BCUT2D eigenvalue weighted by molar-refractivity contribution is 7.14. The van der Waals surface area contributed by atoms with Crippen molar-refractivity contribution in [3.8, 4) is 17.0 Å². The number of nitrogens with one attached hydrogen (secondary N) is 1. The number of ether oxygens (including phenoxy) is 1. The van der Waals surface area contributed by atoms with Crippen molar-refractivity contribution in [3.63, 3.8) is 0 Å². The first-order valence-electron chi connectivity index (χ1n) is 4.66. The molecule has 0 saturated heterocycles. The minimum absolute atomic E-state index is 0.104. The lowest BCUT2D eigenvalue weighted by Crippen LogP contribution is -2.05. The topological polar surface area (TPSA) is 60.2 Å². The summed E-state index contributed by atoms with van der Waals surface area (Å²) in [5.41, 5.74) is 3.77. The van der Waals surface area contributed by atoms with E-state index in [0.717, 1.165) is 0 Å². The highest BCUT2D eigenvalue weighted by Gasteiger charge is 2.07. The summed E-state index contributed by atoms with van der Waals surface area (Å²) in [6, 6.07) is 6.35. The summed E-state index contributed by atoms with van der Waals surface area (Å²) >= 11 is 1.33. The Hall–Kier alpha value is -1.73. The first-order valence-corrected chi connectivity index (χ1v) is 5.54. The van der Waals surface area contributed by atoms with Gasteiger partial charge >= 0.3 is 6.61 Å². The molecule has 3 N–H and O–H groups in total. The summed E-state index contributed by atoms with van der Waals surface area (Å²) < 4.78 is 28.4. The van der Waals surface area contributed by atoms with Crippen molar-refractivity contribution >= 4 is 16.5 Å². The number of nitrogens with zero attached hydrogens (tertiary/aromatic N) is 1. The number of halogens is 2. The Balaban J connectivity index is 2.26. The van der Waals surface area contributed by atoms with E-state index in [1.165, 1.54) is 23.5 Å². The summed E-state index contributed by atoms with van der Waals surface area (Å²) in [7, 11) is 0. The van der Waals surface area contributed by atoms with Gasteiger partial charge < -0.3 is 4.74 Å². The molecule has 0 saturated carbocycles. The number of hydrazine groups is 1. The molecule has 0 unspecified atom stereocenters. The van der Waals surface area contributed by atoms with E-state index in [-0.39, 0.29) is 5.75 Å². The molecule has 0 fully saturated rings. The van der Waals surface area contributed by atoms with Gasteiger partial charge in [-0.1, -0.05) is 12.1 Å². The van der Waals surface area contributed by atoms with Crippen LogP contribution < -0.4 is 16.0 Å². The van der Waals surface area contributed by atoms with Crippen molar-refractivity contribution in [2.75, 3.05) is 5.43 Å². The Morgan fingerprint density at radius 2 is 2.24 bits per heavy atom. The van der Waals surface area contributed by atoms with Crippen LogP contribution >= 0.6 is 11.3 Å². The summed E-state index contributed by atoms with van der Waals surface area (Å²) in [5, 5.41) is 2.33. The fourth-order valence-corrected chi connectivity index (χ4v) is 1.94. The van der Waals surface area contributed by atoms with Gasteiger partial charge in [-0.3, -0.25) is 5.43 Å². The van der Waals surface area contributed by atoms with Gasteiger partial charge in [-0.2, -0.15) is 8.78 Å². The molecule has 0 aliphatic heterocycles. The minimum Gasteiger partial charge on any atom is -0.435 e. The Morgan fingerprint density at radius 1 is 1.41 bits per heavy atom. The van der Waals surface area contributed by atoms with E-state index in [4.69, 9.17) is 5.84 Å². The number of nitrogens with two attached hydrogens (primary N) is 1. The van der Waals surface area contributed by atoms with Crippen LogP contribution in [0.15, 0.2) is 29.6 Å². The monoisotopic (exact) mass is 257 g/mol. The molecule has 0 aliphatic carbocycles. The Kier molecular flexibility index (Phi) is 3.50. The average molecular weight is 257 g/mol. The number of thiazole rings is 1. The molecule has 7 heteroatoms. The molecule has 0 spiro atoms. The highest BCUT2D eigenvalue weighted by Crippen LogP contribution is 2.27. The van der Waals surface area contributed by atoms with Gasteiger partial charge in [0.05, 0.1) is 5.69 Å². The number of hydrogen-bond acceptors (Lipinski definition) is 5. The Bertz CT molecular complexity index is 504. The second kappa shape index (κ2) is 5.07. The summed E-state index contributed by atoms with van der Waals surface area (Å²) in [4.78, 5) is 4.16. The first-order chi connectivity index (χ1) is 8.19. The van der Waals surface area contributed by atoms with Crippen molar-refractivity contribution < 1.29 is 13.5 Å². The van der Waals surface area contributed by atoms with Crippen LogP contribution in [0.25, 0.3) is 11.3 Å². The van der Waals surface area contributed by atoms with Crippen LogP contribution in [0.5, 0.6) is 5.75 Å². The Labute approximate surface area is 100 Å². The maximum Gasteiger partial charge on any atom is 0.387 e. The smallest absolute Gasteiger partial charge is 0.387 e. The van der Waals surface area contributed by atoms with E-state index in [9.17, 15) is 8.78 Å². The van der Waals surface area contributed by atoms with E-state index < -0.39 is 6.61 Å². The molecule has 0 bridgehead atoms. The van der Waals surface area contributed by atoms with Crippen molar-refractivity contribution in [1.82, 2.24) is 4.98 Å². The van der Waals surface area contributed by atoms with Crippen LogP contribution in [0.3, 0.4) is 0 Å². The maximum absolute atomic E-state index is 12.1. The minimum atomic E-state index is -2.83. The molecule has 0 amide bonds. The molecule has 1 aromatic heterocycles. The lowest BCUT2D eigenvalue weighted by Gasteiger charge is -2.05. The van der Waals surface area contributed by atoms with E-state index in [0.29, 0.717) is 16.4 Å². The molecular weight excluding hydrogens is 248 g/mol. The van der Waals surface area contributed by atoms with E-state index in [1.54, 1.807) is 17.5 Å². The highest BCUT2D eigenvalue weighted by atomic mass is 32.1. The first kappa shape index (κ1) is 11.7. The van der Waals surface area contributed by atoms with E-state index in [1.807, 2.05) is 0 Å². The molecule has 1 heterocycles. The second-order valence-corrected chi connectivity index (χ2v) is 3.95. The molecule has 4 nitrogen and oxygen atoms in total. The van der Waals surface area contributed by atoms with Crippen LogP contribution in [0.2, 0.25) is 0 Å². The van der Waals surface area contributed by atoms with E-state index in [2.05, 4.69) is 15.1 Å². The predicted molar refractivity (Wildman–Crippen MR) is 62.0 cm³/mol. The van der Waals surface area contributed by atoms with Gasteiger partial charge in [0, 0.05) is 10.9 Å². The largest absolute Gasteiger partial charge is 0.435 e. The molecule has 2 rings (SSSR count). The third-order valence-corrected chi connectivity index (χ3v) is 2.76. The number of aromatic nitrogens is 1. The van der Waals surface area contributed by atoms with Crippen LogP contribution in [0.4, 0.5) is 13.9 Å². The van der Waals surface area contributed by atoms with E-state index >= 15 is 0 Å². The van der Waals surface area contributed by atoms with Gasteiger partial charge in [0.2, 0.25) is 0 Å². The molecule has 0 atom stereocenters. The normalized spacial score (nSPS) is 10.6. The third-order valence-electron chi connectivity index (χ3n) is 1.98. The lowest BCUT2D eigenvalue weighted by molar-refractivity contribution is -0.0498. The quantitative estimate of drug-likeness (QED) is 0.653. The van der Waals surface area contributed by atoms with Gasteiger partial charge in [-0.25, -0.2) is 10.8 Å². The Morgan fingerprint density at radius 3 is 2.88 bits per heavy atom. The summed E-state index contributed by atoms with van der Waals surface area (Å²) in [6.07, 6.45) is 0. The number of rotatable bonds is 4. The van der Waals surface area contributed by atoms with Crippen LogP contribution in [-0.4, -0.2) is 11.6 Å². The van der Waals surface area contributed by atoms with Gasteiger partial charge in [-0.05, 0) is 12.1 Å². The van der Waals surface area contributed by atoms with Crippen molar-refractivity contribution in [1.29, 1.82) is 0 Å². The third kappa shape index (κ3) is 2.89. The van der Waals surface area contributed by atoms with Gasteiger partial charge in [0.25, 0.3) is 0 Å². The van der Waals surface area contributed by atoms with Crippen molar-refractivity contribution in [2.45, 2.75) is 6.61 Å². The predicted octanol–water partition coefficient (Wildman–Crippen LogP) is 2.70. The number of nitrogen functional groups attached to an aromatic ring is 1. The van der Waals surface area contributed by atoms with Crippen LogP contribution in [0.1, 0.15) is 0 Å². The number of anilines is 1. The summed E-state index contributed by atoms with van der Waals surface area (Å²) in [6.45, 7) is -2.83. The molecule has 90 valence electrons. The van der Waals surface area contributed by atoms with Crippen molar-refractivity contribution in [2.24, 2.45) is 5.84 Å². The zero-order valence-corrected chi connectivity index (χ0v) is 9.38. The fourth-order valence-electron chi connectivity index (χ4n) is 1.30. The molecule has 17 heavy (non-hydrogen) atoms. The number of alkyl halides is 2. The lowest BCUT2D eigenvalue weighted by atomic mass is 10.2. The van der Waals surface area contributed by atoms with Crippen LogP contribution in [0, 0.1) is 0 Å². The molecule has 0 radical (unpaired) electrons. The standard InChI is InChI=1S/C10H9F2N3OS/c11-9(12)16-7-3-1-2-6(4-7)8-5-17-10(14-8)15-13/h1-5,9H,13H2,(H,14,15). The van der Waals surface area contributed by atoms with Gasteiger partial charge in [0.15, 0.2) is 5.13 Å². The SMILES string of the molecule is NNc1nc(-c2cccc(OC(F)F)c2)cs1. The van der Waals surface area contributed by atoms with Crippen LogP contribution in [-0.2, 0) is 0 Å². The molecule has 1 aromatic carbocycles. The van der Waals surface area contributed by atoms with Gasteiger partial charge in [-0.15, -0.1) is 11.3 Å². The fraction of sp³-hybridized carbons (Fsp3) is 0.100. The molecule has 2 aromatic rings. The molecular formula is C10H9F2N3OS. The number of benzene rings is 1.